The van der Waals surface area contributed by atoms with Gasteiger partial charge in [-0.3, -0.25) is 0 Å². The van der Waals surface area contributed by atoms with E-state index in [0.29, 0.717) is 6.04 Å². The zero-order valence-corrected chi connectivity index (χ0v) is 8.80. The van der Waals surface area contributed by atoms with E-state index in [2.05, 4.69) is 5.32 Å². The summed E-state index contributed by atoms with van der Waals surface area (Å²) < 4.78 is 13.2. The highest BCUT2D eigenvalue weighted by Crippen LogP contribution is 2.16. The van der Waals surface area contributed by atoms with E-state index in [1.54, 1.807) is 12.1 Å². The van der Waals surface area contributed by atoms with Crippen LogP contribution in [0.1, 0.15) is 24.8 Å². The fourth-order valence-corrected chi connectivity index (χ4v) is 2.08. The SMILES string of the molecule is Nc1ccc(CC2CCCCN2)cc1F. The number of halogens is 1. The molecule has 0 amide bonds. The minimum absolute atomic E-state index is 0.232. The molecule has 1 aliphatic heterocycles. The summed E-state index contributed by atoms with van der Waals surface area (Å²) in [6.07, 6.45) is 4.62. The Labute approximate surface area is 89.7 Å². The molecule has 15 heavy (non-hydrogen) atoms. The summed E-state index contributed by atoms with van der Waals surface area (Å²) in [6.45, 7) is 1.09. The van der Waals surface area contributed by atoms with E-state index in [9.17, 15) is 4.39 Å². The van der Waals surface area contributed by atoms with Crippen LogP contribution in [0.25, 0.3) is 0 Å². The van der Waals surface area contributed by atoms with E-state index >= 15 is 0 Å². The minimum atomic E-state index is -0.302. The molecule has 2 nitrogen and oxygen atoms in total. The van der Waals surface area contributed by atoms with Crippen LogP contribution in [0.3, 0.4) is 0 Å². The van der Waals surface area contributed by atoms with E-state index in [0.717, 1.165) is 18.5 Å². The van der Waals surface area contributed by atoms with Crippen molar-refractivity contribution >= 4 is 5.69 Å². The maximum Gasteiger partial charge on any atom is 0.146 e. The molecule has 0 aliphatic carbocycles. The first-order valence-electron chi connectivity index (χ1n) is 5.53. The maximum absolute atomic E-state index is 13.2. The molecule has 1 unspecified atom stereocenters. The summed E-state index contributed by atoms with van der Waals surface area (Å²) in [5.41, 5.74) is 6.69. The first-order chi connectivity index (χ1) is 7.25. The van der Waals surface area contributed by atoms with E-state index in [-0.39, 0.29) is 11.5 Å². The fourth-order valence-electron chi connectivity index (χ4n) is 2.08. The number of rotatable bonds is 2. The number of nitrogen functional groups attached to an aromatic ring is 1. The summed E-state index contributed by atoms with van der Waals surface area (Å²) in [4.78, 5) is 0. The molecular formula is C12H17FN2. The third-order valence-corrected chi connectivity index (χ3v) is 2.96. The summed E-state index contributed by atoms with van der Waals surface area (Å²) in [5.74, 6) is -0.302. The normalized spacial score (nSPS) is 21.5. The topological polar surface area (TPSA) is 38.0 Å². The van der Waals surface area contributed by atoms with Crippen molar-refractivity contribution in [3.05, 3.63) is 29.6 Å². The second-order valence-electron chi connectivity index (χ2n) is 4.21. The zero-order chi connectivity index (χ0) is 10.7. The van der Waals surface area contributed by atoms with Crippen LogP contribution in [0.2, 0.25) is 0 Å². The van der Waals surface area contributed by atoms with Crippen LogP contribution in [0.5, 0.6) is 0 Å². The van der Waals surface area contributed by atoms with Crippen molar-refractivity contribution in [1.29, 1.82) is 0 Å². The van der Waals surface area contributed by atoms with Crippen molar-refractivity contribution in [2.24, 2.45) is 0 Å². The molecule has 0 aromatic heterocycles. The van der Waals surface area contributed by atoms with E-state index in [1.165, 1.54) is 19.3 Å². The molecule has 1 aromatic carbocycles. The lowest BCUT2D eigenvalue weighted by Crippen LogP contribution is -2.35. The van der Waals surface area contributed by atoms with Crippen molar-refractivity contribution in [3.8, 4) is 0 Å². The van der Waals surface area contributed by atoms with Crippen LogP contribution in [0, 0.1) is 5.82 Å². The van der Waals surface area contributed by atoms with E-state index in [1.807, 2.05) is 6.07 Å². The Morgan fingerprint density at radius 2 is 2.27 bits per heavy atom. The van der Waals surface area contributed by atoms with Crippen LogP contribution in [-0.2, 0) is 6.42 Å². The minimum Gasteiger partial charge on any atom is -0.396 e. The number of hydrogen-bond donors (Lipinski definition) is 2. The molecule has 1 aromatic rings. The van der Waals surface area contributed by atoms with Gasteiger partial charge in [-0.05, 0) is 43.5 Å². The standard InChI is InChI=1S/C12H17FN2/c13-11-8-9(4-5-12(11)14)7-10-3-1-2-6-15-10/h4-5,8,10,15H,1-3,6-7,14H2. The van der Waals surface area contributed by atoms with Gasteiger partial charge in [0, 0.05) is 6.04 Å². The molecule has 1 fully saturated rings. The van der Waals surface area contributed by atoms with Gasteiger partial charge in [-0.25, -0.2) is 4.39 Å². The highest BCUT2D eigenvalue weighted by atomic mass is 19.1. The molecular weight excluding hydrogens is 191 g/mol. The van der Waals surface area contributed by atoms with Gasteiger partial charge in [-0.15, -0.1) is 0 Å². The smallest absolute Gasteiger partial charge is 0.146 e. The van der Waals surface area contributed by atoms with Crippen molar-refractivity contribution in [1.82, 2.24) is 5.32 Å². The van der Waals surface area contributed by atoms with Gasteiger partial charge in [0.25, 0.3) is 0 Å². The van der Waals surface area contributed by atoms with Crippen molar-refractivity contribution in [2.45, 2.75) is 31.7 Å². The first kappa shape index (κ1) is 10.4. The maximum atomic E-state index is 13.2. The first-order valence-corrected chi connectivity index (χ1v) is 5.53. The quantitative estimate of drug-likeness (QED) is 0.730. The molecule has 2 rings (SSSR count). The predicted octanol–water partition coefficient (Wildman–Crippen LogP) is 2.09. The van der Waals surface area contributed by atoms with Crippen molar-refractivity contribution < 1.29 is 4.39 Å². The lowest BCUT2D eigenvalue weighted by Gasteiger charge is -2.23. The van der Waals surface area contributed by atoms with Gasteiger partial charge in [0.2, 0.25) is 0 Å². The van der Waals surface area contributed by atoms with Crippen LogP contribution < -0.4 is 11.1 Å². The Kier molecular flexibility index (Phi) is 3.21. The zero-order valence-electron chi connectivity index (χ0n) is 8.80. The number of benzene rings is 1. The summed E-state index contributed by atoms with van der Waals surface area (Å²) in [5, 5.41) is 3.45. The van der Waals surface area contributed by atoms with Gasteiger partial charge in [0.1, 0.15) is 5.82 Å². The third kappa shape index (κ3) is 2.69. The number of nitrogens with two attached hydrogens (primary N) is 1. The van der Waals surface area contributed by atoms with Crippen molar-refractivity contribution in [2.75, 3.05) is 12.3 Å². The van der Waals surface area contributed by atoms with Crippen molar-refractivity contribution in [3.63, 3.8) is 0 Å². The highest BCUT2D eigenvalue weighted by molar-refractivity contribution is 5.41. The second kappa shape index (κ2) is 4.62. The van der Waals surface area contributed by atoms with Gasteiger partial charge in [0.15, 0.2) is 0 Å². The molecule has 82 valence electrons. The molecule has 1 saturated heterocycles. The molecule has 0 saturated carbocycles. The molecule has 1 heterocycles. The molecule has 3 heteroatoms. The van der Waals surface area contributed by atoms with Gasteiger partial charge >= 0.3 is 0 Å². The average Bonchev–Trinajstić information content (AvgIpc) is 2.25. The Balaban J connectivity index is 2.00. The van der Waals surface area contributed by atoms with Gasteiger partial charge in [-0.1, -0.05) is 12.5 Å². The summed E-state index contributed by atoms with van der Waals surface area (Å²) in [6, 6.07) is 5.61. The van der Waals surface area contributed by atoms with Gasteiger partial charge in [0.05, 0.1) is 5.69 Å². The number of anilines is 1. The Bertz CT molecular complexity index is 332. The number of hydrogen-bond acceptors (Lipinski definition) is 2. The van der Waals surface area contributed by atoms with Crippen LogP contribution >= 0.6 is 0 Å². The van der Waals surface area contributed by atoms with Crippen LogP contribution in [-0.4, -0.2) is 12.6 Å². The lowest BCUT2D eigenvalue weighted by molar-refractivity contribution is 0.399. The molecule has 0 spiro atoms. The molecule has 3 N–H and O–H groups in total. The van der Waals surface area contributed by atoms with Crippen LogP contribution in [0.15, 0.2) is 18.2 Å². The average molecular weight is 208 g/mol. The third-order valence-electron chi connectivity index (χ3n) is 2.96. The monoisotopic (exact) mass is 208 g/mol. The second-order valence-corrected chi connectivity index (χ2v) is 4.21. The molecule has 1 atom stereocenters. The highest BCUT2D eigenvalue weighted by Gasteiger charge is 2.13. The molecule has 0 radical (unpaired) electrons. The number of nitrogens with one attached hydrogen (secondary N) is 1. The van der Waals surface area contributed by atoms with E-state index in [4.69, 9.17) is 5.73 Å². The summed E-state index contributed by atoms with van der Waals surface area (Å²) in [7, 11) is 0. The van der Waals surface area contributed by atoms with E-state index < -0.39 is 0 Å². The molecule has 1 aliphatic rings. The number of piperidine rings is 1. The predicted molar refractivity (Wildman–Crippen MR) is 60.2 cm³/mol. The Morgan fingerprint density at radius 1 is 1.40 bits per heavy atom. The summed E-state index contributed by atoms with van der Waals surface area (Å²) >= 11 is 0. The fraction of sp³-hybridized carbons (Fsp3) is 0.500. The van der Waals surface area contributed by atoms with Crippen LogP contribution in [0.4, 0.5) is 10.1 Å². The van der Waals surface area contributed by atoms with Gasteiger partial charge < -0.3 is 11.1 Å². The molecule has 0 bridgehead atoms. The largest absolute Gasteiger partial charge is 0.396 e. The Morgan fingerprint density at radius 3 is 2.93 bits per heavy atom. The lowest BCUT2D eigenvalue weighted by atomic mass is 9.97. The Hall–Kier alpha value is -1.09. The van der Waals surface area contributed by atoms with Gasteiger partial charge in [-0.2, -0.15) is 0 Å².